The second kappa shape index (κ2) is 5.18. The molecule has 2 fully saturated rings. The van der Waals surface area contributed by atoms with E-state index < -0.39 is 0 Å². The van der Waals surface area contributed by atoms with Crippen LogP contribution >= 0.6 is 11.3 Å². The van der Waals surface area contributed by atoms with Gasteiger partial charge in [0.15, 0.2) is 4.96 Å². The van der Waals surface area contributed by atoms with Gasteiger partial charge in [0.1, 0.15) is 5.69 Å². The van der Waals surface area contributed by atoms with E-state index in [9.17, 15) is 4.79 Å². The van der Waals surface area contributed by atoms with E-state index in [0.29, 0.717) is 5.92 Å². The van der Waals surface area contributed by atoms with Crippen molar-refractivity contribution in [3.8, 4) is 0 Å². The molecule has 1 aliphatic heterocycles. The molecule has 1 amide bonds. The Bertz CT molecular complexity index is 900. The summed E-state index contributed by atoms with van der Waals surface area (Å²) in [6.45, 7) is 0.875. The van der Waals surface area contributed by atoms with Crippen LogP contribution in [0.25, 0.3) is 4.96 Å². The lowest BCUT2D eigenvalue weighted by Gasteiger charge is -2.61. The Morgan fingerprint density at radius 3 is 2.96 bits per heavy atom. The molecule has 0 spiro atoms. The molecule has 1 saturated heterocycles. The van der Waals surface area contributed by atoms with E-state index in [-0.39, 0.29) is 11.4 Å². The molecule has 2 aromatic heterocycles. The molecule has 0 radical (unpaired) electrons. The number of hydrogen-bond donors (Lipinski definition) is 0. The van der Waals surface area contributed by atoms with Crippen LogP contribution in [-0.2, 0) is 5.54 Å². The monoisotopic (exact) mass is 337 g/mol. The number of likely N-dealkylation sites (tertiary alicyclic amines) is 1. The van der Waals surface area contributed by atoms with Gasteiger partial charge < -0.3 is 4.90 Å². The van der Waals surface area contributed by atoms with Gasteiger partial charge in [0.2, 0.25) is 0 Å². The summed E-state index contributed by atoms with van der Waals surface area (Å²) in [7, 11) is 0. The van der Waals surface area contributed by atoms with Gasteiger partial charge in [-0.3, -0.25) is 9.20 Å². The molecule has 0 bridgehead atoms. The fourth-order valence-corrected chi connectivity index (χ4v) is 5.47. The van der Waals surface area contributed by atoms with Gasteiger partial charge >= 0.3 is 0 Å². The van der Waals surface area contributed by atoms with Crippen molar-refractivity contribution in [2.24, 2.45) is 5.92 Å². The lowest BCUT2D eigenvalue weighted by Crippen LogP contribution is -2.67. The van der Waals surface area contributed by atoms with Crippen LogP contribution in [0.15, 0.2) is 48.1 Å². The Morgan fingerprint density at radius 1 is 1.25 bits per heavy atom. The zero-order valence-corrected chi connectivity index (χ0v) is 14.2. The molecule has 2 atom stereocenters. The van der Waals surface area contributed by atoms with E-state index in [2.05, 4.69) is 40.2 Å². The first kappa shape index (κ1) is 14.2. The van der Waals surface area contributed by atoms with Gasteiger partial charge in [0.05, 0.1) is 5.54 Å². The fraction of sp³-hybridized carbons (Fsp3) is 0.368. The molecular formula is C19H19N3OS. The number of benzene rings is 1. The number of nitrogens with zero attached hydrogens (tertiary/aromatic N) is 3. The first-order chi connectivity index (χ1) is 11.8. The van der Waals surface area contributed by atoms with Gasteiger partial charge in [0.25, 0.3) is 5.91 Å². The molecule has 0 N–H and O–H groups in total. The van der Waals surface area contributed by atoms with Crippen molar-refractivity contribution in [3.63, 3.8) is 0 Å². The standard InChI is InChI=1S/C19H19N3OS/c23-17(16-13-24-18-20-10-11-21(16)18)22-12-15-8-4-5-9-19(15,22)14-6-2-1-3-7-14/h1-3,6-7,10-11,13,15H,4-5,8-9,12H2. The number of carbonyl (C=O) groups excluding carboxylic acids is 1. The van der Waals surface area contributed by atoms with Crippen molar-refractivity contribution in [1.29, 1.82) is 0 Å². The Hall–Kier alpha value is -2.14. The second-order valence-electron chi connectivity index (χ2n) is 6.85. The number of hydrogen-bond acceptors (Lipinski definition) is 3. The van der Waals surface area contributed by atoms with Crippen LogP contribution < -0.4 is 0 Å². The summed E-state index contributed by atoms with van der Waals surface area (Å²) in [6, 6.07) is 10.6. The molecule has 3 aromatic rings. The van der Waals surface area contributed by atoms with Crippen molar-refractivity contribution < 1.29 is 4.79 Å². The third kappa shape index (κ3) is 1.79. The van der Waals surface area contributed by atoms with Gasteiger partial charge in [0, 0.05) is 30.2 Å². The van der Waals surface area contributed by atoms with E-state index in [1.807, 2.05) is 16.0 Å². The van der Waals surface area contributed by atoms with E-state index >= 15 is 0 Å². The molecule has 122 valence electrons. The second-order valence-corrected chi connectivity index (χ2v) is 7.69. The van der Waals surface area contributed by atoms with E-state index in [0.717, 1.165) is 23.6 Å². The van der Waals surface area contributed by atoms with E-state index in [4.69, 9.17) is 0 Å². The summed E-state index contributed by atoms with van der Waals surface area (Å²) in [5.41, 5.74) is 1.93. The summed E-state index contributed by atoms with van der Waals surface area (Å²) >= 11 is 1.53. The van der Waals surface area contributed by atoms with Crippen molar-refractivity contribution >= 4 is 22.2 Å². The number of aromatic nitrogens is 2. The summed E-state index contributed by atoms with van der Waals surface area (Å²) < 4.78 is 1.92. The molecule has 5 rings (SSSR count). The summed E-state index contributed by atoms with van der Waals surface area (Å²) in [4.78, 5) is 20.6. The Morgan fingerprint density at radius 2 is 2.12 bits per heavy atom. The molecule has 3 heterocycles. The van der Waals surface area contributed by atoms with Crippen LogP contribution in [0.5, 0.6) is 0 Å². The Kier molecular flexibility index (Phi) is 3.07. The van der Waals surface area contributed by atoms with Crippen molar-refractivity contribution in [3.05, 3.63) is 59.4 Å². The minimum absolute atomic E-state index is 0.106. The molecule has 5 heteroatoms. The number of thiazole rings is 1. The van der Waals surface area contributed by atoms with Crippen molar-refractivity contribution in [2.75, 3.05) is 6.54 Å². The zero-order chi connectivity index (χ0) is 16.1. The van der Waals surface area contributed by atoms with Gasteiger partial charge in [-0.15, -0.1) is 11.3 Å². The van der Waals surface area contributed by atoms with Crippen LogP contribution in [0.3, 0.4) is 0 Å². The Balaban J connectivity index is 1.58. The average molecular weight is 337 g/mol. The smallest absolute Gasteiger partial charge is 0.272 e. The molecule has 1 saturated carbocycles. The van der Waals surface area contributed by atoms with Crippen molar-refractivity contribution in [2.45, 2.75) is 31.2 Å². The lowest BCUT2D eigenvalue weighted by molar-refractivity contribution is -0.0872. The number of carbonyl (C=O) groups is 1. The molecular weight excluding hydrogens is 318 g/mol. The van der Waals surface area contributed by atoms with Crippen LogP contribution in [0.1, 0.15) is 41.7 Å². The van der Waals surface area contributed by atoms with Crippen LogP contribution in [-0.4, -0.2) is 26.7 Å². The number of rotatable bonds is 2. The maximum absolute atomic E-state index is 13.3. The van der Waals surface area contributed by atoms with Crippen LogP contribution in [0, 0.1) is 5.92 Å². The fourth-order valence-electron chi connectivity index (χ4n) is 4.64. The molecule has 1 aromatic carbocycles. The predicted molar refractivity (Wildman–Crippen MR) is 94.2 cm³/mol. The molecule has 1 aliphatic carbocycles. The van der Waals surface area contributed by atoms with Gasteiger partial charge in [-0.1, -0.05) is 43.2 Å². The lowest BCUT2D eigenvalue weighted by atomic mass is 9.61. The highest BCUT2D eigenvalue weighted by atomic mass is 32.1. The maximum Gasteiger partial charge on any atom is 0.272 e. The number of amides is 1. The normalized spacial score (nSPS) is 26.2. The van der Waals surface area contributed by atoms with Gasteiger partial charge in [-0.05, 0) is 18.4 Å². The molecule has 4 nitrogen and oxygen atoms in total. The summed E-state index contributed by atoms with van der Waals surface area (Å²) in [6.07, 6.45) is 8.42. The van der Waals surface area contributed by atoms with Crippen LogP contribution in [0.4, 0.5) is 0 Å². The van der Waals surface area contributed by atoms with Crippen LogP contribution in [0.2, 0.25) is 0 Å². The van der Waals surface area contributed by atoms with Gasteiger partial charge in [-0.25, -0.2) is 4.98 Å². The third-order valence-electron chi connectivity index (χ3n) is 5.80. The van der Waals surface area contributed by atoms with Gasteiger partial charge in [-0.2, -0.15) is 0 Å². The quantitative estimate of drug-likeness (QED) is 0.710. The highest BCUT2D eigenvalue weighted by Crippen LogP contribution is 2.54. The molecule has 24 heavy (non-hydrogen) atoms. The minimum Gasteiger partial charge on any atom is -0.327 e. The van der Waals surface area contributed by atoms with E-state index in [1.165, 1.54) is 36.2 Å². The summed E-state index contributed by atoms with van der Waals surface area (Å²) in [5.74, 6) is 0.732. The molecule has 2 aliphatic rings. The topological polar surface area (TPSA) is 37.6 Å². The first-order valence-corrected chi connectivity index (χ1v) is 9.47. The zero-order valence-electron chi connectivity index (χ0n) is 13.4. The first-order valence-electron chi connectivity index (χ1n) is 8.59. The third-order valence-corrected chi connectivity index (χ3v) is 6.65. The number of fused-ring (bicyclic) bond motifs is 2. The highest BCUT2D eigenvalue weighted by Gasteiger charge is 2.57. The minimum atomic E-state index is -0.106. The summed E-state index contributed by atoms with van der Waals surface area (Å²) in [5, 5.41) is 1.94. The highest BCUT2D eigenvalue weighted by molar-refractivity contribution is 7.15. The number of imidazole rings is 1. The Labute approximate surface area is 144 Å². The SMILES string of the molecule is O=C(c1csc2nccn12)N1CC2CCCCC21c1ccccc1. The van der Waals surface area contributed by atoms with E-state index in [1.54, 1.807) is 6.20 Å². The van der Waals surface area contributed by atoms with Crippen molar-refractivity contribution in [1.82, 2.24) is 14.3 Å². The maximum atomic E-state index is 13.3. The largest absolute Gasteiger partial charge is 0.327 e. The predicted octanol–water partition coefficient (Wildman–Crippen LogP) is 3.94. The average Bonchev–Trinajstić information content (AvgIpc) is 3.20. The molecule has 2 unspecified atom stereocenters.